The molecule has 0 spiro atoms. The lowest BCUT2D eigenvalue weighted by Gasteiger charge is -2.10. The molecule has 0 saturated heterocycles. The maximum absolute atomic E-state index is 13.3. The molecule has 0 atom stereocenters. The van der Waals surface area contributed by atoms with Gasteiger partial charge in [-0.3, -0.25) is 14.5 Å². The number of carbonyl (C=O) groups is 2. The van der Waals surface area contributed by atoms with Crippen LogP contribution in [0.15, 0.2) is 48.5 Å². The van der Waals surface area contributed by atoms with E-state index in [4.69, 9.17) is 11.6 Å². The first-order chi connectivity index (χ1) is 10.6. The first-order valence-electron chi connectivity index (χ1n) is 6.65. The van der Waals surface area contributed by atoms with Crippen LogP contribution in [0.2, 0.25) is 5.02 Å². The Morgan fingerprint density at radius 3 is 2.27 bits per heavy atom. The maximum atomic E-state index is 13.3. The van der Waals surface area contributed by atoms with Gasteiger partial charge < -0.3 is 0 Å². The third-order valence-corrected chi connectivity index (χ3v) is 3.84. The maximum Gasteiger partial charge on any atom is 0.261 e. The summed E-state index contributed by atoms with van der Waals surface area (Å²) in [6.07, 6.45) is 3.21. The lowest BCUT2D eigenvalue weighted by molar-refractivity contribution is 0.0672. The molecule has 0 bridgehead atoms. The van der Waals surface area contributed by atoms with Crippen molar-refractivity contribution in [1.29, 1.82) is 0 Å². The molecule has 0 fully saturated rings. The molecule has 0 aromatic heterocycles. The summed E-state index contributed by atoms with van der Waals surface area (Å²) in [6, 6.07) is 11.2. The Kier molecular flexibility index (Phi) is 3.77. The molecule has 5 heteroatoms. The molecule has 0 radical (unpaired) electrons. The number of fused-ring (bicyclic) bond motifs is 1. The van der Waals surface area contributed by atoms with Crippen LogP contribution >= 0.6 is 11.6 Å². The molecule has 0 unspecified atom stereocenters. The van der Waals surface area contributed by atoms with Crippen LogP contribution in [-0.4, -0.2) is 23.3 Å². The molecule has 0 aliphatic carbocycles. The largest absolute Gasteiger partial charge is 0.270 e. The van der Waals surface area contributed by atoms with Crippen molar-refractivity contribution in [2.24, 2.45) is 0 Å². The Bertz CT molecular complexity index is 766. The summed E-state index contributed by atoms with van der Waals surface area (Å²) in [5.74, 6) is -1.16. The highest BCUT2D eigenvalue weighted by Gasteiger charge is 2.34. The van der Waals surface area contributed by atoms with E-state index in [-0.39, 0.29) is 23.4 Å². The summed E-state index contributed by atoms with van der Waals surface area (Å²) in [4.78, 5) is 25.5. The van der Waals surface area contributed by atoms with Crippen LogP contribution in [0.5, 0.6) is 0 Å². The lowest BCUT2D eigenvalue weighted by Crippen LogP contribution is -2.29. The van der Waals surface area contributed by atoms with Gasteiger partial charge in [0.05, 0.1) is 16.1 Å². The van der Waals surface area contributed by atoms with Crippen LogP contribution in [-0.2, 0) is 0 Å². The van der Waals surface area contributed by atoms with Gasteiger partial charge in [0.25, 0.3) is 11.8 Å². The smallest absolute Gasteiger partial charge is 0.261 e. The third kappa shape index (κ3) is 2.42. The van der Waals surface area contributed by atoms with E-state index in [1.807, 2.05) is 0 Å². The second kappa shape index (κ2) is 5.73. The first kappa shape index (κ1) is 14.5. The molecule has 0 N–H and O–H groups in total. The van der Waals surface area contributed by atoms with Gasteiger partial charge in [0.15, 0.2) is 0 Å². The van der Waals surface area contributed by atoms with E-state index >= 15 is 0 Å². The number of carbonyl (C=O) groups excluding carboxylic acids is 2. The van der Waals surface area contributed by atoms with E-state index in [1.54, 1.807) is 48.6 Å². The molecule has 3 rings (SSSR count). The van der Waals surface area contributed by atoms with E-state index in [9.17, 15) is 14.0 Å². The predicted octanol–water partition coefficient (Wildman–Crippen LogP) is 3.79. The molecule has 2 aromatic rings. The van der Waals surface area contributed by atoms with Crippen LogP contribution in [0.4, 0.5) is 4.39 Å². The minimum atomic E-state index is -0.510. The Hall–Kier alpha value is -2.46. The van der Waals surface area contributed by atoms with Crippen molar-refractivity contribution in [2.45, 2.75) is 0 Å². The monoisotopic (exact) mass is 315 g/mol. The average molecular weight is 316 g/mol. The normalized spacial score (nSPS) is 14.0. The van der Waals surface area contributed by atoms with Crippen LogP contribution in [0, 0.1) is 5.82 Å². The summed E-state index contributed by atoms with van der Waals surface area (Å²) >= 11 is 5.85. The molecule has 1 aliphatic heterocycles. The van der Waals surface area contributed by atoms with Crippen molar-refractivity contribution in [3.63, 3.8) is 0 Å². The Morgan fingerprint density at radius 1 is 1.00 bits per heavy atom. The topological polar surface area (TPSA) is 37.4 Å². The highest BCUT2D eigenvalue weighted by Crippen LogP contribution is 2.23. The Balaban J connectivity index is 1.78. The molecule has 1 aliphatic rings. The molecule has 1 heterocycles. The number of rotatable bonds is 3. The fourth-order valence-corrected chi connectivity index (χ4v) is 2.53. The number of halogens is 2. The molecule has 2 aromatic carbocycles. The standard InChI is InChI=1S/C17H11ClFNO2/c18-15-11(5-3-9-14(15)19)6-4-10-20-16(21)12-7-1-2-8-13(12)17(20)22/h1-9H,10H2/b6-4+. The predicted molar refractivity (Wildman–Crippen MR) is 82.3 cm³/mol. The molecule has 2 amide bonds. The summed E-state index contributed by atoms with van der Waals surface area (Å²) in [5.41, 5.74) is 1.31. The van der Waals surface area contributed by atoms with Gasteiger partial charge in [-0.25, -0.2) is 4.39 Å². The summed E-state index contributed by atoms with van der Waals surface area (Å²) in [7, 11) is 0. The number of amides is 2. The fraction of sp³-hybridized carbons (Fsp3) is 0.0588. The van der Waals surface area contributed by atoms with Crippen molar-refractivity contribution in [3.05, 3.63) is 76.1 Å². The van der Waals surface area contributed by atoms with Crippen molar-refractivity contribution in [1.82, 2.24) is 4.90 Å². The van der Waals surface area contributed by atoms with E-state index in [0.29, 0.717) is 16.7 Å². The zero-order chi connectivity index (χ0) is 15.7. The van der Waals surface area contributed by atoms with Gasteiger partial charge in [0.1, 0.15) is 5.82 Å². The third-order valence-electron chi connectivity index (χ3n) is 3.45. The second-order valence-corrected chi connectivity index (χ2v) is 5.19. The molecular weight excluding hydrogens is 305 g/mol. The quantitative estimate of drug-likeness (QED) is 0.808. The highest BCUT2D eigenvalue weighted by molar-refractivity contribution is 6.32. The van der Waals surface area contributed by atoms with E-state index < -0.39 is 5.82 Å². The van der Waals surface area contributed by atoms with Gasteiger partial charge in [-0.1, -0.05) is 48.0 Å². The first-order valence-corrected chi connectivity index (χ1v) is 7.03. The summed E-state index contributed by atoms with van der Waals surface area (Å²) in [6.45, 7) is 0.110. The average Bonchev–Trinajstić information content (AvgIpc) is 2.77. The van der Waals surface area contributed by atoms with Gasteiger partial charge in [-0.05, 0) is 23.8 Å². The van der Waals surface area contributed by atoms with Gasteiger partial charge in [0, 0.05) is 6.54 Å². The zero-order valence-corrected chi connectivity index (χ0v) is 12.2. The highest BCUT2D eigenvalue weighted by atomic mass is 35.5. The van der Waals surface area contributed by atoms with Gasteiger partial charge in [-0.2, -0.15) is 0 Å². The van der Waals surface area contributed by atoms with Crippen LogP contribution in [0.3, 0.4) is 0 Å². The van der Waals surface area contributed by atoms with Crippen molar-refractivity contribution in [2.75, 3.05) is 6.54 Å². The second-order valence-electron chi connectivity index (χ2n) is 4.81. The minimum Gasteiger partial charge on any atom is -0.270 e. The molecule has 110 valence electrons. The molecule has 0 saturated carbocycles. The van der Waals surface area contributed by atoms with Crippen molar-refractivity contribution < 1.29 is 14.0 Å². The summed E-state index contributed by atoms with van der Waals surface area (Å²) in [5, 5.41) is 0.0149. The van der Waals surface area contributed by atoms with Crippen molar-refractivity contribution >= 4 is 29.5 Å². The van der Waals surface area contributed by atoms with Crippen LogP contribution < -0.4 is 0 Å². The van der Waals surface area contributed by atoms with E-state index in [2.05, 4.69) is 0 Å². The van der Waals surface area contributed by atoms with Crippen molar-refractivity contribution in [3.8, 4) is 0 Å². The van der Waals surface area contributed by atoms with Gasteiger partial charge in [0.2, 0.25) is 0 Å². The fourth-order valence-electron chi connectivity index (χ4n) is 2.34. The number of benzene rings is 2. The molecular formula is C17H11ClFNO2. The van der Waals surface area contributed by atoms with E-state index in [0.717, 1.165) is 4.90 Å². The van der Waals surface area contributed by atoms with Gasteiger partial charge in [-0.15, -0.1) is 0 Å². The lowest BCUT2D eigenvalue weighted by atomic mass is 10.1. The number of imide groups is 1. The number of hydrogen-bond donors (Lipinski definition) is 0. The number of hydrogen-bond acceptors (Lipinski definition) is 2. The Labute approximate surface area is 131 Å². The Morgan fingerprint density at radius 2 is 1.64 bits per heavy atom. The van der Waals surface area contributed by atoms with Gasteiger partial charge >= 0.3 is 0 Å². The molecule has 3 nitrogen and oxygen atoms in total. The van der Waals surface area contributed by atoms with Crippen LogP contribution in [0.1, 0.15) is 26.3 Å². The molecule has 22 heavy (non-hydrogen) atoms. The SMILES string of the molecule is O=C1c2ccccc2C(=O)N1C/C=C/c1cccc(F)c1Cl. The number of nitrogens with zero attached hydrogens (tertiary/aromatic N) is 1. The van der Waals surface area contributed by atoms with Crippen LogP contribution in [0.25, 0.3) is 6.08 Å². The van der Waals surface area contributed by atoms with E-state index in [1.165, 1.54) is 6.07 Å². The zero-order valence-electron chi connectivity index (χ0n) is 11.4. The minimum absolute atomic E-state index is 0.0149. The summed E-state index contributed by atoms with van der Waals surface area (Å²) < 4.78 is 13.3.